The van der Waals surface area contributed by atoms with E-state index in [2.05, 4.69) is 41.8 Å². The third kappa shape index (κ3) is 2.71. The topological polar surface area (TPSA) is 8.88 Å². The molecule has 1 aliphatic heterocycles. The molecule has 1 fully saturated rings. The number of hydrogen-bond acceptors (Lipinski definition) is 0. The molecule has 1 rings (SSSR count). The summed E-state index contributed by atoms with van der Waals surface area (Å²) in [6.45, 7) is 12.2. The summed E-state index contributed by atoms with van der Waals surface area (Å²) in [6, 6.07) is 0.876. The van der Waals surface area contributed by atoms with Gasteiger partial charge in [-0.15, -0.1) is 0 Å². The van der Waals surface area contributed by atoms with Gasteiger partial charge in [0.25, 0.3) is 0 Å². The zero-order valence-electron chi connectivity index (χ0n) is 10.8. The van der Waals surface area contributed by atoms with E-state index >= 15 is 0 Å². The molecular formula is C12H28N2+2. The molecule has 2 heteroatoms. The lowest BCUT2D eigenvalue weighted by atomic mass is 9.90. The van der Waals surface area contributed by atoms with Gasteiger partial charge < -0.3 is 9.80 Å². The first-order valence-corrected chi connectivity index (χ1v) is 5.97. The van der Waals surface area contributed by atoms with E-state index < -0.39 is 0 Å². The van der Waals surface area contributed by atoms with E-state index in [-0.39, 0.29) is 0 Å². The minimum absolute atomic E-state index is 0.431. The van der Waals surface area contributed by atoms with Gasteiger partial charge in [-0.05, 0) is 20.8 Å². The lowest BCUT2D eigenvalue weighted by molar-refractivity contribution is -0.975. The van der Waals surface area contributed by atoms with Crippen LogP contribution in [0.3, 0.4) is 0 Å². The molecule has 2 nitrogen and oxygen atoms in total. The van der Waals surface area contributed by atoms with Gasteiger partial charge in [0.1, 0.15) is 6.04 Å². The van der Waals surface area contributed by atoms with E-state index in [1.165, 1.54) is 19.5 Å². The Bertz CT molecular complexity index is 181. The fourth-order valence-corrected chi connectivity index (χ4v) is 2.79. The third-order valence-electron chi connectivity index (χ3n) is 3.81. The summed E-state index contributed by atoms with van der Waals surface area (Å²) in [6.07, 6.45) is 1.39. The van der Waals surface area contributed by atoms with Crippen molar-refractivity contribution in [1.29, 1.82) is 0 Å². The molecule has 1 unspecified atom stereocenters. The molecule has 0 aromatic heterocycles. The second-order valence-electron chi connectivity index (χ2n) is 6.26. The van der Waals surface area contributed by atoms with Gasteiger partial charge in [0.15, 0.2) is 0 Å². The Morgan fingerprint density at radius 2 is 1.79 bits per heavy atom. The van der Waals surface area contributed by atoms with Gasteiger partial charge in [0, 0.05) is 6.42 Å². The maximum atomic E-state index is 2.42. The van der Waals surface area contributed by atoms with Crippen LogP contribution in [0, 0.1) is 5.92 Å². The Labute approximate surface area is 89.3 Å². The largest absolute Gasteiger partial charge is 0.337 e. The van der Waals surface area contributed by atoms with Crippen molar-refractivity contribution in [2.24, 2.45) is 5.92 Å². The lowest BCUT2D eigenvalue weighted by Gasteiger charge is -2.41. The van der Waals surface area contributed by atoms with Crippen molar-refractivity contribution in [2.45, 2.75) is 45.7 Å². The Morgan fingerprint density at radius 3 is 2.14 bits per heavy atom. The summed E-state index contributed by atoms with van der Waals surface area (Å²) >= 11 is 0. The van der Waals surface area contributed by atoms with Crippen LogP contribution >= 0.6 is 0 Å². The van der Waals surface area contributed by atoms with Crippen molar-refractivity contribution in [1.82, 2.24) is 0 Å². The minimum atomic E-state index is 0.431. The van der Waals surface area contributed by atoms with Crippen LogP contribution in [-0.2, 0) is 0 Å². The van der Waals surface area contributed by atoms with Gasteiger partial charge >= 0.3 is 0 Å². The Hall–Kier alpha value is -0.0800. The number of hydrogen-bond donors (Lipinski definition) is 2. The maximum Gasteiger partial charge on any atom is 0.100 e. The molecule has 14 heavy (non-hydrogen) atoms. The van der Waals surface area contributed by atoms with Gasteiger partial charge in [-0.3, -0.25) is 0 Å². The second-order valence-corrected chi connectivity index (χ2v) is 6.26. The van der Waals surface area contributed by atoms with Crippen molar-refractivity contribution in [3.05, 3.63) is 0 Å². The molecule has 2 N–H and O–H groups in total. The van der Waals surface area contributed by atoms with E-state index in [9.17, 15) is 0 Å². The Morgan fingerprint density at radius 1 is 1.21 bits per heavy atom. The van der Waals surface area contributed by atoms with Gasteiger partial charge in [0.2, 0.25) is 0 Å². The zero-order chi connectivity index (χ0) is 10.9. The quantitative estimate of drug-likeness (QED) is 0.550. The molecule has 0 spiro atoms. The summed E-state index contributed by atoms with van der Waals surface area (Å²) in [5.74, 6) is 0.864. The first-order chi connectivity index (χ1) is 6.32. The molecule has 0 aromatic rings. The van der Waals surface area contributed by atoms with E-state index in [1.807, 2.05) is 0 Å². The van der Waals surface area contributed by atoms with E-state index in [0.717, 1.165) is 12.0 Å². The molecule has 0 radical (unpaired) electrons. The predicted octanol–water partition coefficient (Wildman–Crippen LogP) is -0.777. The van der Waals surface area contributed by atoms with Gasteiger partial charge in [-0.25, -0.2) is 0 Å². The van der Waals surface area contributed by atoms with Crippen molar-refractivity contribution in [2.75, 3.05) is 27.2 Å². The molecule has 0 saturated carbocycles. The Balaban J connectivity index is 2.55. The van der Waals surface area contributed by atoms with Crippen LogP contribution in [0.15, 0.2) is 0 Å². The Kier molecular flexibility index (Phi) is 3.59. The van der Waals surface area contributed by atoms with Crippen molar-refractivity contribution >= 4 is 0 Å². The highest BCUT2D eigenvalue weighted by atomic mass is 15.2. The smallest absolute Gasteiger partial charge is 0.100 e. The molecule has 0 aliphatic carbocycles. The van der Waals surface area contributed by atoms with E-state index in [0.29, 0.717) is 5.54 Å². The summed E-state index contributed by atoms with van der Waals surface area (Å²) in [4.78, 5) is 3.41. The fraction of sp³-hybridized carbons (Fsp3) is 1.00. The molecule has 0 amide bonds. The number of rotatable bonds is 1. The predicted molar refractivity (Wildman–Crippen MR) is 60.8 cm³/mol. The average molecular weight is 200 g/mol. The third-order valence-corrected chi connectivity index (χ3v) is 3.81. The van der Waals surface area contributed by atoms with Crippen molar-refractivity contribution < 1.29 is 9.80 Å². The van der Waals surface area contributed by atoms with Crippen LogP contribution in [-0.4, -0.2) is 38.8 Å². The zero-order valence-corrected chi connectivity index (χ0v) is 10.8. The van der Waals surface area contributed by atoms with Crippen LogP contribution in [0.2, 0.25) is 0 Å². The van der Waals surface area contributed by atoms with Crippen LogP contribution in [0.25, 0.3) is 0 Å². The minimum Gasteiger partial charge on any atom is -0.337 e. The number of piperidine rings is 1. The molecule has 1 saturated heterocycles. The van der Waals surface area contributed by atoms with E-state index in [4.69, 9.17) is 0 Å². The van der Waals surface area contributed by atoms with Gasteiger partial charge in [-0.1, -0.05) is 6.92 Å². The molecule has 0 aromatic carbocycles. The van der Waals surface area contributed by atoms with Crippen LogP contribution < -0.4 is 9.80 Å². The van der Waals surface area contributed by atoms with Crippen molar-refractivity contribution in [3.8, 4) is 0 Å². The number of quaternary nitrogens is 2. The van der Waals surface area contributed by atoms with Gasteiger partial charge in [-0.2, -0.15) is 0 Å². The van der Waals surface area contributed by atoms with Crippen LogP contribution in [0.1, 0.15) is 34.1 Å². The summed E-state index contributed by atoms with van der Waals surface area (Å²) < 4.78 is 0. The molecular weight excluding hydrogens is 172 g/mol. The second kappa shape index (κ2) is 4.19. The van der Waals surface area contributed by atoms with Gasteiger partial charge in [0.05, 0.1) is 38.6 Å². The maximum absolute atomic E-state index is 2.42. The molecule has 1 heterocycles. The molecule has 0 bridgehead atoms. The first kappa shape index (κ1) is 12.0. The standard InChI is InChI=1S/C12H26N2/c1-10-9-14(12(2,3)4)8-7-11(10)13(5)6/h10-11H,7-9H2,1-6H3/p+2/t10-,11+/m1/s1. The normalized spacial score (nSPS) is 34.9. The van der Waals surface area contributed by atoms with Crippen LogP contribution in [0.5, 0.6) is 0 Å². The lowest BCUT2D eigenvalue weighted by Crippen LogP contribution is -3.23. The van der Waals surface area contributed by atoms with E-state index in [1.54, 1.807) is 9.80 Å². The highest BCUT2D eigenvalue weighted by Gasteiger charge is 2.37. The molecule has 3 atom stereocenters. The monoisotopic (exact) mass is 200 g/mol. The van der Waals surface area contributed by atoms with Crippen molar-refractivity contribution in [3.63, 3.8) is 0 Å². The molecule has 84 valence electrons. The molecule has 1 aliphatic rings. The number of nitrogens with one attached hydrogen (secondary N) is 2. The average Bonchev–Trinajstić information content (AvgIpc) is 2.01. The SMILES string of the molecule is C[C@@H]1C[NH+](C(C)(C)C)CC[C@@H]1[NH+](C)C. The first-order valence-electron chi connectivity index (χ1n) is 5.97. The highest BCUT2D eigenvalue weighted by Crippen LogP contribution is 2.07. The fourth-order valence-electron chi connectivity index (χ4n) is 2.79. The summed E-state index contributed by atoms with van der Waals surface area (Å²) in [7, 11) is 4.59. The summed E-state index contributed by atoms with van der Waals surface area (Å²) in [5, 5.41) is 0. The van der Waals surface area contributed by atoms with Crippen LogP contribution in [0.4, 0.5) is 0 Å². The number of likely N-dealkylation sites (tertiary alicyclic amines) is 1. The highest BCUT2D eigenvalue weighted by molar-refractivity contribution is 4.70. The summed E-state index contributed by atoms with van der Waals surface area (Å²) in [5.41, 5.74) is 0.431.